The summed E-state index contributed by atoms with van der Waals surface area (Å²) in [5, 5.41) is 10.5. The van der Waals surface area contributed by atoms with Crippen LogP contribution in [-0.2, 0) is 12.2 Å². The molecule has 1 fully saturated rings. The van der Waals surface area contributed by atoms with Gasteiger partial charge >= 0.3 is 0 Å². The molecule has 1 saturated carbocycles. The molecule has 2 aliphatic rings. The molecule has 0 aromatic carbocycles. The van der Waals surface area contributed by atoms with Crippen molar-refractivity contribution in [1.29, 1.82) is 0 Å². The van der Waals surface area contributed by atoms with E-state index in [0.717, 1.165) is 5.75 Å². The quantitative estimate of drug-likeness (QED) is 0.869. The minimum Gasteiger partial charge on any atom is -0.387 e. The van der Waals surface area contributed by atoms with E-state index in [2.05, 4.69) is 6.07 Å². The molecule has 1 aliphatic carbocycles. The SMILES string of the molecule is OC(c1cc2c(s1)CCSC2)C1CCCCC1. The first kappa shape index (κ1) is 12.1. The number of rotatable bonds is 2. The Labute approximate surface area is 112 Å². The molecule has 1 N–H and O–H groups in total. The maximum atomic E-state index is 10.5. The first-order chi connectivity index (χ1) is 8.34. The number of fused-ring (bicyclic) bond motifs is 1. The average Bonchev–Trinajstić information content (AvgIpc) is 2.82. The fraction of sp³-hybridized carbons (Fsp3) is 0.714. The topological polar surface area (TPSA) is 20.2 Å². The highest BCUT2D eigenvalue weighted by Crippen LogP contribution is 2.40. The van der Waals surface area contributed by atoms with Crippen molar-refractivity contribution in [3.05, 3.63) is 21.4 Å². The molecule has 17 heavy (non-hydrogen) atoms. The van der Waals surface area contributed by atoms with Gasteiger partial charge in [0.1, 0.15) is 0 Å². The van der Waals surface area contributed by atoms with Gasteiger partial charge in [0.05, 0.1) is 6.10 Å². The number of aliphatic hydroxyl groups excluding tert-OH is 1. The van der Waals surface area contributed by atoms with Gasteiger partial charge in [-0.15, -0.1) is 11.3 Å². The van der Waals surface area contributed by atoms with Crippen molar-refractivity contribution >= 4 is 23.1 Å². The van der Waals surface area contributed by atoms with E-state index in [1.807, 2.05) is 23.1 Å². The van der Waals surface area contributed by atoms with Gasteiger partial charge in [0, 0.05) is 15.5 Å². The summed E-state index contributed by atoms with van der Waals surface area (Å²) in [4.78, 5) is 2.78. The highest BCUT2D eigenvalue weighted by Gasteiger charge is 2.26. The molecule has 1 aromatic rings. The molecule has 94 valence electrons. The highest BCUT2D eigenvalue weighted by atomic mass is 32.2. The predicted molar refractivity (Wildman–Crippen MR) is 75.7 cm³/mol. The fourth-order valence-electron chi connectivity index (χ4n) is 3.00. The zero-order valence-electron chi connectivity index (χ0n) is 10.2. The highest BCUT2D eigenvalue weighted by molar-refractivity contribution is 7.98. The number of hydrogen-bond acceptors (Lipinski definition) is 3. The normalized spacial score (nSPS) is 23.4. The summed E-state index contributed by atoms with van der Waals surface area (Å²) in [7, 11) is 0. The van der Waals surface area contributed by atoms with Crippen LogP contribution in [0.15, 0.2) is 6.07 Å². The number of thioether (sulfide) groups is 1. The second kappa shape index (κ2) is 5.33. The summed E-state index contributed by atoms with van der Waals surface area (Å²) in [6.45, 7) is 0. The molecule has 1 aromatic heterocycles. The van der Waals surface area contributed by atoms with Gasteiger partial charge in [-0.3, -0.25) is 0 Å². The largest absolute Gasteiger partial charge is 0.387 e. The van der Waals surface area contributed by atoms with E-state index in [-0.39, 0.29) is 6.10 Å². The molecule has 0 amide bonds. The maximum absolute atomic E-state index is 10.5. The summed E-state index contributed by atoms with van der Waals surface area (Å²) in [5.41, 5.74) is 1.50. The van der Waals surface area contributed by atoms with Crippen molar-refractivity contribution in [3.63, 3.8) is 0 Å². The third kappa shape index (κ3) is 2.56. The smallest absolute Gasteiger partial charge is 0.0910 e. The van der Waals surface area contributed by atoms with Gasteiger partial charge in [-0.25, -0.2) is 0 Å². The number of aryl methyl sites for hydroxylation is 1. The maximum Gasteiger partial charge on any atom is 0.0910 e. The molecule has 1 aliphatic heterocycles. The lowest BCUT2D eigenvalue weighted by Crippen LogP contribution is -2.14. The van der Waals surface area contributed by atoms with E-state index >= 15 is 0 Å². The van der Waals surface area contributed by atoms with Crippen molar-refractivity contribution in [2.24, 2.45) is 5.92 Å². The van der Waals surface area contributed by atoms with Crippen molar-refractivity contribution < 1.29 is 5.11 Å². The van der Waals surface area contributed by atoms with Crippen molar-refractivity contribution in [2.75, 3.05) is 5.75 Å². The monoisotopic (exact) mass is 268 g/mol. The third-order valence-electron chi connectivity index (χ3n) is 4.03. The van der Waals surface area contributed by atoms with E-state index < -0.39 is 0 Å². The van der Waals surface area contributed by atoms with Crippen molar-refractivity contribution in [2.45, 2.75) is 50.4 Å². The van der Waals surface area contributed by atoms with Gasteiger partial charge in [-0.2, -0.15) is 11.8 Å². The van der Waals surface area contributed by atoms with Crippen LogP contribution < -0.4 is 0 Å². The molecule has 3 rings (SSSR count). The second-order valence-corrected chi connectivity index (χ2v) is 7.52. The third-order valence-corrected chi connectivity index (χ3v) is 6.35. The molecule has 3 heteroatoms. The van der Waals surface area contributed by atoms with Crippen LogP contribution in [0.4, 0.5) is 0 Å². The summed E-state index contributed by atoms with van der Waals surface area (Å²) >= 11 is 3.90. The summed E-state index contributed by atoms with van der Waals surface area (Å²) < 4.78 is 0. The van der Waals surface area contributed by atoms with Gasteiger partial charge in [0.25, 0.3) is 0 Å². The predicted octanol–water partition coefficient (Wildman–Crippen LogP) is 4.15. The molecule has 0 radical (unpaired) electrons. The van der Waals surface area contributed by atoms with Crippen LogP contribution in [0.3, 0.4) is 0 Å². The Morgan fingerprint density at radius 2 is 2.06 bits per heavy atom. The lowest BCUT2D eigenvalue weighted by molar-refractivity contribution is 0.0879. The van der Waals surface area contributed by atoms with Crippen LogP contribution in [0.2, 0.25) is 0 Å². The average molecular weight is 268 g/mol. The zero-order chi connectivity index (χ0) is 11.7. The molecule has 1 unspecified atom stereocenters. The summed E-state index contributed by atoms with van der Waals surface area (Å²) in [5.74, 6) is 2.94. The molecule has 2 heterocycles. The second-order valence-electron chi connectivity index (χ2n) is 5.24. The van der Waals surface area contributed by atoms with Gasteiger partial charge in [0.2, 0.25) is 0 Å². The lowest BCUT2D eigenvalue weighted by Gasteiger charge is -2.25. The minimum absolute atomic E-state index is 0.184. The minimum atomic E-state index is -0.184. The van der Waals surface area contributed by atoms with E-state index in [0.29, 0.717) is 5.92 Å². The van der Waals surface area contributed by atoms with Crippen LogP contribution in [0.1, 0.15) is 53.5 Å². The van der Waals surface area contributed by atoms with E-state index in [1.54, 1.807) is 0 Å². The molecule has 1 nitrogen and oxygen atoms in total. The standard InChI is InChI=1S/C14H20OS2/c15-14(10-4-2-1-3-5-10)13-8-11-9-16-7-6-12(11)17-13/h8,10,14-15H,1-7,9H2. The van der Waals surface area contributed by atoms with Gasteiger partial charge in [-0.1, -0.05) is 19.3 Å². The van der Waals surface area contributed by atoms with E-state index in [1.165, 1.54) is 59.6 Å². The summed E-state index contributed by atoms with van der Waals surface area (Å²) in [6.07, 6.45) is 7.45. The Morgan fingerprint density at radius 1 is 1.24 bits per heavy atom. The fourth-order valence-corrected chi connectivity index (χ4v) is 5.45. The van der Waals surface area contributed by atoms with Crippen LogP contribution in [0.5, 0.6) is 0 Å². The number of hydrogen-bond donors (Lipinski definition) is 1. The Morgan fingerprint density at radius 3 is 2.82 bits per heavy atom. The van der Waals surface area contributed by atoms with Crippen molar-refractivity contribution in [3.8, 4) is 0 Å². The molecular formula is C14H20OS2. The molecule has 0 bridgehead atoms. The summed E-state index contributed by atoms with van der Waals surface area (Å²) in [6, 6.07) is 2.28. The molecule has 0 saturated heterocycles. The Kier molecular flexibility index (Phi) is 3.78. The lowest BCUT2D eigenvalue weighted by atomic mass is 9.85. The first-order valence-corrected chi connectivity index (χ1v) is 8.69. The number of thiophene rings is 1. The van der Waals surface area contributed by atoms with Gasteiger partial charge in [-0.05, 0) is 42.6 Å². The van der Waals surface area contributed by atoms with Crippen LogP contribution in [-0.4, -0.2) is 10.9 Å². The number of aliphatic hydroxyl groups is 1. The zero-order valence-corrected chi connectivity index (χ0v) is 11.8. The van der Waals surface area contributed by atoms with Crippen LogP contribution in [0.25, 0.3) is 0 Å². The van der Waals surface area contributed by atoms with E-state index in [4.69, 9.17) is 0 Å². The van der Waals surface area contributed by atoms with Crippen molar-refractivity contribution in [1.82, 2.24) is 0 Å². The molecule has 1 atom stereocenters. The molecular weight excluding hydrogens is 248 g/mol. The van der Waals surface area contributed by atoms with E-state index in [9.17, 15) is 5.11 Å². The van der Waals surface area contributed by atoms with Gasteiger partial charge in [0.15, 0.2) is 0 Å². The van der Waals surface area contributed by atoms with Crippen LogP contribution in [0, 0.1) is 5.92 Å². The molecule has 0 spiro atoms. The Hall–Kier alpha value is 0.01000. The Balaban J connectivity index is 1.76. The van der Waals surface area contributed by atoms with Gasteiger partial charge < -0.3 is 5.11 Å². The first-order valence-electron chi connectivity index (χ1n) is 6.72. The Bertz CT molecular complexity index is 356. The van der Waals surface area contributed by atoms with Crippen LogP contribution >= 0.6 is 23.1 Å².